The minimum atomic E-state index is 0.108. The maximum Gasteiger partial charge on any atom is 0.0455 e. The fraction of sp³-hybridized carbons (Fsp3) is 0.667. The van der Waals surface area contributed by atoms with Crippen LogP contribution in [0.3, 0.4) is 0 Å². The molecule has 20 heavy (non-hydrogen) atoms. The smallest absolute Gasteiger partial charge is 0.0455 e. The molecule has 2 rings (SSSR count). The van der Waals surface area contributed by atoms with Gasteiger partial charge in [-0.05, 0) is 36.3 Å². The zero-order valence-corrected chi connectivity index (χ0v) is 13.4. The Hall–Kier alpha value is -0.860. The van der Waals surface area contributed by atoms with E-state index in [1.807, 2.05) is 0 Å². The first-order valence-corrected chi connectivity index (χ1v) is 8.05. The van der Waals surface area contributed by atoms with E-state index in [9.17, 15) is 0 Å². The van der Waals surface area contributed by atoms with Crippen molar-refractivity contribution in [1.29, 1.82) is 0 Å². The molecule has 0 aromatic heterocycles. The molecule has 1 fully saturated rings. The van der Waals surface area contributed by atoms with E-state index in [-0.39, 0.29) is 6.04 Å². The van der Waals surface area contributed by atoms with Crippen molar-refractivity contribution in [1.82, 2.24) is 4.90 Å². The molecule has 112 valence electrons. The van der Waals surface area contributed by atoms with Gasteiger partial charge in [-0.1, -0.05) is 58.0 Å². The number of hydrogen-bond donors (Lipinski definition) is 1. The Morgan fingerprint density at radius 1 is 1.10 bits per heavy atom. The quantitative estimate of drug-likeness (QED) is 0.907. The summed E-state index contributed by atoms with van der Waals surface area (Å²) >= 11 is 0. The highest BCUT2D eigenvalue weighted by Crippen LogP contribution is 2.30. The Kier molecular flexibility index (Phi) is 5.22. The van der Waals surface area contributed by atoms with Crippen LogP contribution < -0.4 is 5.73 Å². The van der Waals surface area contributed by atoms with Gasteiger partial charge in [-0.3, -0.25) is 4.90 Å². The molecule has 0 amide bonds. The van der Waals surface area contributed by atoms with Crippen LogP contribution in [0.15, 0.2) is 30.3 Å². The van der Waals surface area contributed by atoms with E-state index >= 15 is 0 Å². The second kappa shape index (κ2) is 6.73. The van der Waals surface area contributed by atoms with Crippen molar-refractivity contribution in [2.24, 2.45) is 23.5 Å². The molecule has 2 nitrogen and oxygen atoms in total. The summed E-state index contributed by atoms with van der Waals surface area (Å²) < 4.78 is 0. The third-order valence-electron chi connectivity index (χ3n) is 5.02. The minimum Gasteiger partial charge on any atom is -0.323 e. The van der Waals surface area contributed by atoms with E-state index in [0.717, 1.165) is 11.8 Å². The highest BCUT2D eigenvalue weighted by atomic mass is 15.2. The SMILES string of the molecule is CC(C)C(C(N)c1ccccc1)N1CCC(C)C(C)C1. The van der Waals surface area contributed by atoms with Crippen LogP contribution in [0, 0.1) is 17.8 Å². The molecule has 0 spiro atoms. The van der Waals surface area contributed by atoms with Gasteiger partial charge in [-0.2, -0.15) is 0 Å². The van der Waals surface area contributed by atoms with Gasteiger partial charge in [0.25, 0.3) is 0 Å². The topological polar surface area (TPSA) is 29.3 Å². The van der Waals surface area contributed by atoms with Crippen LogP contribution in [-0.4, -0.2) is 24.0 Å². The predicted octanol–water partition coefficient (Wildman–Crippen LogP) is 3.69. The molecule has 2 heteroatoms. The first-order chi connectivity index (χ1) is 9.50. The summed E-state index contributed by atoms with van der Waals surface area (Å²) in [5, 5.41) is 0. The van der Waals surface area contributed by atoms with Crippen molar-refractivity contribution in [2.75, 3.05) is 13.1 Å². The van der Waals surface area contributed by atoms with E-state index in [2.05, 4.69) is 62.9 Å². The molecule has 0 saturated carbocycles. The number of benzene rings is 1. The van der Waals surface area contributed by atoms with Gasteiger partial charge in [0.15, 0.2) is 0 Å². The number of hydrogen-bond acceptors (Lipinski definition) is 2. The highest BCUT2D eigenvalue weighted by Gasteiger charge is 2.33. The van der Waals surface area contributed by atoms with E-state index < -0.39 is 0 Å². The van der Waals surface area contributed by atoms with Crippen LogP contribution >= 0.6 is 0 Å². The molecule has 1 saturated heterocycles. The second-order valence-corrected chi connectivity index (χ2v) is 6.91. The lowest BCUT2D eigenvalue weighted by Gasteiger charge is -2.44. The van der Waals surface area contributed by atoms with Crippen molar-refractivity contribution in [2.45, 2.75) is 46.2 Å². The average Bonchev–Trinajstić information content (AvgIpc) is 2.43. The van der Waals surface area contributed by atoms with Crippen LogP contribution in [0.25, 0.3) is 0 Å². The largest absolute Gasteiger partial charge is 0.323 e. The first kappa shape index (κ1) is 15.5. The summed E-state index contributed by atoms with van der Waals surface area (Å²) in [6.45, 7) is 11.7. The number of nitrogens with two attached hydrogens (primary N) is 1. The van der Waals surface area contributed by atoms with Crippen molar-refractivity contribution in [3.63, 3.8) is 0 Å². The number of nitrogens with zero attached hydrogens (tertiary/aromatic N) is 1. The van der Waals surface area contributed by atoms with Gasteiger partial charge < -0.3 is 5.73 Å². The normalized spacial score (nSPS) is 27.5. The van der Waals surface area contributed by atoms with Crippen molar-refractivity contribution in [3.8, 4) is 0 Å². The summed E-state index contributed by atoms with van der Waals surface area (Å²) in [7, 11) is 0. The molecule has 0 radical (unpaired) electrons. The Morgan fingerprint density at radius 2 is 1.75 bits per heavy atom. The van der Waals surface area contributed by atoms with Crippen LogP contribution in [0.5, 0.6) is 0 Å². The van der Waals surface area contributed by atoms with Crippen molar-refractivity contribution < 1.29 is 0 Å². The minimum absolute atomic E-state index is 0.108. The molecule has 0 bridgehead atoms. The van der Waals surface area contributed by atoms with Gasteiger partial charge in [0.1, 0.15) is 0 Å². The Labute approximate surface area is 124 Å². The number of likely N-dealkylation sites (tertiary alicyclic amines) is 1. The molecule has 2 N–H and O–H groups in total. The molecule has 1 aliphatic rings. The predicted molar refractivity (Wildman–Crippen MR) is 86.5 cm³/mol. The zero-order valence-electron chi connectivity index (χ0n) is 13.4. The molecule has 0 aliphatic carbocycles. The third-order valence-corrected chi connectivity index (χ3v) is 5.02. The summed E-state index contributed by atoms with van der Waals surface area (Å²) in [5.41, 5.74) is 7.87. The van der Waals surface area contributed by atoms with E-state index in [4.69, 9.17) is 5.73 Å². The molecule has 1 heterocycles. The van der Waals surface area contributed by atoms with Gasteiger partial charge in [-0.25, -0.2) is 0 Å². The van der Waals surface area contributed by atoms with Gasteiger partial charge in [0, 0.05) is 18.6 Å². The second-order valence-electron chi connectivity index (χ2n) is 6.91. The molecule has 1 aromatic carbocycles. The fourth-order valence-electron chi connectivity index (χ4n) is 3.50. The lowest BCUT2D eigenvalue weighted by molar-refractivity contribution is 0.0598. The monoisotopic (exact) mass is 274 g/mol. The fourth-order valence-corrected chi connectivity index (χ4v) is 3.50. The molecular weight excluding hydrogens is 244 g/mol. The van der Waals surface area contributed by atoms with Gasteiger partial charge in [0.2, 0.25) is 0 Å². The first-order valence-electron chi connectivity index (χ1n) is 8.05. The molecule has 1 aromatic rings. The van der Waals surface area contributed by atoms with E-state index in [1.54, 1.807) is 0 Å². The molecular formula is C18H30N2. The van der Waals surface area contributed by atoms with Gasteiger partial charge in [0.05, 0.1) is 0 Å². The maximum absolute atomic E-state index is 6.61. The lowest BCUT2D eigenvalue weighted by Crippen LogP contribution is -2.51. The number of rotatable bonds is 4. The zero-order chi connectivity index (χ0) is 14.7. The maximum atomic E-state index is 6.61. The van der Waals surface area contributed by atoms with Crippen molar-refractivity contribution >= 4 is 0 Å². The summed E-state index contributed by atoms with van der Waals surface area (Å²) in [5.74, 6) is 2.19. The number of piperidine rings is 1. The summed E-state index contributed by atoms with van der Waals surface area (Å²) in [6, 6.07) is 11.1. The Balaban J connectivity index is 2.15. The van der Waals surface area contributed by atoms with E-state index in [0.29, 0.717) is 12.0 Å². The molecule has 4 atom stereocenters. The molecule has 4 unspecified atom stereocenters. The van der Waals surface area contributed by atoms with Crippen LogP contribution in [-0.2, 0) is 0 Å². The standard InChI is InChI=1S/C18H30N2/c1-13(2)18(17(19)16-8-6-5-7-9-16)20-11-10-14(3)15(4)12-20/h5-9,13-15,17-18H,10-12,19H2,1-4H3. The van der Waals surface area contributed by atoms with Crippen LogP contribution in [0.4, 0.5) is 0 Å². The third kappa shape index (κ3) is 3.42. The van der Waals surface area contributed by atoms with Crippen molar-refractivity contribution in [3.05, 3.63) is 35.9 Å². The average molecular weight is 274 g/mol. The lowest BCUT2D eigenvalue weighted by atomic mass is 9.84. The molecule has 1 aliphatic heterocycles. The van der Waals surface area contributed by atoms with E-state index in [1.165, 1.54) is 25.1 Å². The summed E-state index contributed by atoms with van der Waals surface area (Å²) in [4.78, 5) is 2.63. The Morgan fingerprint density at radius 3 is 2.30 bits per heavy atom. The summed E-state index contributed by atoms with van der Waals surface area (Å²) in [6.07, 6.45) is 1.30. The Bertz CT molecular complexity index is 401. The van der Waals surface area contributed by atoms with Crippen LogP contribution in [0.1, 0.15) is 45.7 Å². The van der Waals surface area contributed by atoms with Gasteiger partial charge >= 0.3 is 0 Å². The highest BCUT2D eigenvalue weighted by molar-refractivity contribution is 5.20. The van der Waals surface area contributed by atoms with Crippen LogP contribution in [0.2, 0.25) is 0 Å². The van der Waals surface area contributed by atoms with Gasteiger partial charge in [-0.15, -0.1) is 0 Å².